The highest BCUT2D eigenvalue weighted by Gasteiger charge is 2.52. The first-order valence-electron chi connectivity index (χ1n) is 13.1. The van der Waals surface area contributed by atoms with Crippen molar-refractivity contribution in [1.29, 1.82) is 0 Å². The highest BCUT2D eigenvalue weighted by Crippen LogP contribution is 2.55. The van der Waals surface area contributed by atoms with Crippen LogP contribution in [0.5, 0.6) is 11.5 Å². The summed E-state index contributed by atoms with van der Waals surface area (Å²) >= 11 is 0. The maximum Gasteiger partial charge on any atom is 0.247 e. The van der Waals surface area contributed by atoms with Crippen LogP contribution in [0.1, 0.15) is 73.0 Å². The van der Waals surface area contributed by atoms with Gasteiger partial charge in [-0.3, -0.25) is 9.59 Å². The fourth-order valence-corrected chi connectivity index (χ4v) is 6.07. The monoisotopic (exact) mass is 502 g/mol. The van der Waals surface area contributed by atoms with Gasteiger partial charge in [-0.25, -0.2) is 0 Å². The molecular formula is C28H42N2O6. The fraction of sp³-hybridized carbons (Fsp3) is 0.714. The Morgan fingerprint density at radius 2 is 1.97 bits per heavy atom. The summed E-state index contributed by atoms with van der Waals surface area (Å²) in [4.78, 5) is 27.4. The first kappa shape index (κ1) is 26.7. The number of fused-ring (bicyclic) bond motifs is 4. The molecule has 36 heavy (non-hydrogen) atoms. The minimum Gasteiger partial charge on any atom is -0.493 e. The lowest BCUT2D eigenvalue weighted by molar-refractivity contribution is -0.190. The number of nitrogens with one attached hydrogen (secondary N) is 1. The zero-order valence-electron chi connectivity index (χ0n) is 22.9. The maximum absolute atomic E-state index is 13.6. The molecule has 0 unspecified atom stereocenters. The largest absolute Gasteiger partial charge is 0.493 e. The summed E-state index contributed by atoms with van der Waals surface area (Å²) in [7, 11) is 1.66. The van der Waals surface area contributed by atoms with Crippen LogP contribution < -0.4 is 14.8 Å². The van der Waals surface area contributed by atoms with Crippen LogP contribution in [0.2, 0.25) is 0 Å². The van der Waals surface area contributed by atoms with Gasteiger partial charge >= 0.3 is 0 Å². The van der Waals surface area contributed by atoms with Gasteiger partial charge in [0.25, 0.3) is 0 Å². The SMILES string of the molecule is COc1cccc2c1OC(C)(C)[C@H]1C[C@@H]3CN(C(=O)[C@@H](NC(C)=O)[C@@H](C)OC(C)(C)C)CC[C@@H]3O[C@H]21. The highest BCUT2D eigenvalue weighted by atomic mass is 16.5. The number of methoxy groups -OCH3 is 1. The molecule has 4 rings (SSSR count). The minimum atomic E-state index is -0.732. The van der Waals surface area contributed by atoms with E-state index in [1.807, 2.05) is 44.7 Å². The van der Waals surface area contributed by atoms with Crippen molar-refractivity contribution in [2.24, 2.45) is 11.8 Å². The number of ether oxygens (including phenoxy) is 4. The minimum absolute atomic E-state index is 0.0608. The van der Waals surface area contributed by atoms with E-state index in [0.717, 1.165) is 29.9 Å². The van der Waals surface area contributed by atoms with Crippen LogP contribution in [0.25, 0.3) is 0 Å². The maximum atomic E-state index is 13.6. The first-order chi connectivity index (χ1) is 16.8. The van der Waals surface area contributed by atoms with Crippen molar-refractivity contribution in [1.82, 2.24) is 10.2 Å². The van der Waals surface area contributed by atoms with Crippen molar-refractivity contribution in [2.45, 2.75) is 96.9 Å². The molecule has 0 aliphatic carbocycles. The standard InChI is InChI=1S/C28H42N2O6/c1-16(35-27(3,4)5)23(29-17(2)31)26(32)30-13-12-21-18(15-30)14-20-24(34-21)19-10-9-11-22(33-8)25(19)36-28(20,6)7/h9-11,16,18,20-21,23-24H,12-15H2,1-8H3,(H,29,31)/t16-,18-,20+,21+,23+,24-/m1/s1. The molecular weight excluding hydrogens is 460 g/mol. The Kier molecular flexibility index (Phi) is 7.32. The number of hydrogen-bond donors (Lipinski definition) is 1. The van der Waals surface area contributed by atoms with E-state index in [1.165, 1.54) is 6.92 Å². The average Bonchev–Trinajstić information content (AvgIpc) is 2.79. The van der Waals surface area contributed by atoms with Crippen molar-refractivity contribution in [3.05, 3.63) is 23.8 Å². The summed E-state index contributed by atoms with van der Waals surface area (Å²) in [6, 6.07) is 5.24. The summed E-state index contributed by atoms with van der Waals surface area (Å²) in [6.45, 7) is 14.5. The lowest BCUT2D eigenvalue weighted by Crippen LogP contribution is -2.60. The van der Waals surface area contributed by atoms with Gasteiger partial charge in [0.1, 0.15) is 11.6 Å². The van der Waals surface area contributed by atoms with E-state index in [0.29, 0.717) is 13.1 Å². The molecule has 0 spiro atoms. The van der Waals surface area contributed by atoms with E-state index in [9.17, 15) is 9.59 Å². The number of para-hydroxylation sites is 1. The molecule has 200 valence electrons. The molecule has 0 bridgehead atoms. The molecule has 3 heterocycles. The van der Waals surface area contributed by atoms with Gasteiger partial charge in [-0.05, 0) is 60.5 Å². The summed E-state index contributed by atoms with van der Waals surface area (Å²) in [5.74, 6) is 1.48. The third kappa shape index (κ3) is 5.35. The lowest BCUT2D eigenvalue weighted by atomic mass is 9.70. The second-order valence-corrected chi connectivity index (χ2v) is 12.0. The van der Waals surface area contributed by atoms with Gasteiger partial charge in [0, 0.05) is 37.4 Å². The summed E-state index contributed by atoms with van der Waals surface area (Å²) in [5.41, 5.74) is 0.160. The lowest BCUT2D eigenvalue weighted by Gasteiger charge is -2.53. The van der Waals surface area contributed by atoms with E-state index in [2.05, 4.69) is 25.2 Å². The summed E-state index contributed by atoms with van der Waals surface area (Å²) < 4.78 is 24.9. The molecule has 3 aliphatic heterocycles. The molecule has 8 heteroatoms. The zero-order chi connectivity index (χ0) is 26.4. The molecule has 0 aromatic heterocycles. The van der Waals surface area contributed by atoms with Crippen LogP contribution >= 0.6 is 0 Å². The van der Waals surface area contributed by atoms with Crippen LogP contribution in [-0.4, -0.2) is 66.4 Å². The number of benzene rings is 1. The predicted octanol–water partition coefficient (Wildman–Crippen LogP) is 3.87. The number of piperidine rings is 1. The van der Waals surface area contributed by atoms with Crippen molar-refractivity contribution < 1.29 is 28.5 Å². The molecule has 2 amide bonds. The van der Waals surface area contributed by atoms with Gasteiger partial charge in [0.05, 0.1) is 31.0 Å². The Labute approximate surface area is 215 Å². The van der Waals surface area contributed by atoms with E-state index in [1.54, 1.807) is 7.11 Å². The molecule has 6 atom stereocenters. The van der Waals surface area contributed by atoms with Crippen molar-refractivity contribution >= 4 is 11.8 Å². The molecule has 0 radical (unpaired) electrons. The van der Waals surface area contributed by atoms with E-state index < -0.39 is 23.3 Å². The van der Waals surface area contributed by atoms with Crippen LogP contribution in [0, 0.1) is 11.8 Å². The van der Waals surface area contributed by atoms with Crippen LogP contribution in [-0.2, 0) is 19.1 Å². The van der Waals surface area contributed by atoms with Crippen molar-refractivity contribution in [3.63, 3.8) is 0 Å². The zero-order valence-corrected chi connectivity index (χ0v) is 22.9. The molecule has 2 saturated heterocycles. The topological polar surface area (TPSA) is 86.3 Å². The van der Waals surface area contributed by atoms with Crippen molar-refractivity contribution in [3.8, 4) is 11.5 Å². The highest BCUT2D eigenvalue weighted by molar-refractivity contribution is 5.87. The molecule has 1 aromatic carbocycles. The quantitative estimate of drug-likeness (QED) is 0.658. The molecule has 1 N–H and O–H groups in total. The predicted molar refractivity (Wildman–Crippen MR) is 136 cm³/mol. The molecule has 3 aliphatic rings. The second-order valence-electron chi connectivity index (χ2n) is 12.0. The Morgan fingerprint density at radius 1 is 1.25 bits per heavy atom. The number of carbonyl (C=O) groups is 2. The second kappa shape index (κ2) is 9.86. The number of rotatable bonds is 5. The Morgan fingerprint density at radius 3 is 2.61 bits per heavy atom. The third-order valence-corrected chi connectivity index (χ3v) is 7.65. The average molecular weight is 503 g/mol. The van der Waals surface area contributed by atoms with Crippen molar-refractivity contribution in [2.75, 3.05) is 20.2 Å². The number of likely N-dealkylation sites (tertiary alicyclic amines) is 1. The van der Waals surface area contributed by atoms with E-state index in [-0.39, 0.29) is 35.9 Å². The van der Waals surface area contributed by atoms with E-state index in [4.69, 9.17) is 18.9 Å². The molecule has 0 saturated carbocycles. The van der Waals surface area contributed by atoms with Gasteiger partial charge in [0.2, 0.25) is 11.8 Å². The van der Waals surface area contributed by atoms with Crippen LogP contribution in [0.4, 0.5) is 0 Å². The van der Waals surface area contributed by atoms with Gasteiger partial charge in [0.15, 0.2) is 11.5 Å². The summed E-state index contributed by atoms with van der Waals surface area (Å²) in [6.07, 6.45) is 1.17. The van der Waals surface area contributed by atoms with Gasteiger partial charge in [-0.2, -0.15) is 0 Å². The normalized spacial score (nSPS) is 28.5. The number of carbonyl (C=O) groups excluding carboxylic acids is 2. The van der Waals surface area contributed by atoms with E-state index >= 15 is 0 Å². The molecule has 8 nitrogen and oxygen atoms in total. The number of hydrogen-bond acceptors (Lipinski definition) is 6. The Balaban J connectivity index is 1.52. The Hall–Kier alpha value is -2.32. The number of nitrogens with zero attached hydrogens (tertiary/aromatic N) is 1. The van der Waals surface area contributed by atoms with Crippen LogP contribution in [0.3, 0.4) is 0 Å². The fourth-order valence-electron chi connectivity index (χ4n) is 6.07. The molecule has 2 fully saturated rings. The van der Waals surface area contributed by atoms with Gasteiger partial charge < -0.3 is 29.2 Å². The van der Waals surface area contributed by atoms with Crippen LogP contribution in [0.15, 0.2) is 18.2 Å². The van der Waals surface area contributed by atoms with Gasteiger partial charge in [-0.15, -0.1) is 0 Å². The molecule has 1 aromatic rings. The first-order valence-corrected chi connectivity index (χ1v) is 13.1. The third-order valence-electron chi connectivity index (χ3n) is 7.65. The summed E-state index contributed by atoms with van der Waals surface area (Å²) in [5, 5.41) is 2.83. The smallest absolute Gasteiger partial charge is 0.247 e. The van der Waals surface area contributed by atoms with Gasteiger partial charge in [-0.1, -0.05) is 12.1 Å². The number of amides is 2. The Bertz CT molecular complexity index is 987.